The van der Waals surface area contributed by atoms with E-state index in [0.717, 1.165) is 25.0 Å². The third-order valence-corrected chi connectivity index (χ3v) is 3.50. The second-order valence-electron chi connectivity index (χ2n) is 4.96. The number of alkyl halides is 3. The molecular weight excluding hydrogens is 241 g/mol. The number of carbonyl (C=O) groups is 1. The zero-order valence-electron chi connectivity index (χ0n) is 10.1. The van der Waals surface area contributed by atoms with Gasteiger partial charge in [-0.2, -0.15) is 13.2 Å². The summed E-state index contributed by atoms with van der Waals surface area (Å²) < 4.78 is 37.1. The van der Waals surface area contributed by atoms with Gasteiger partial charge in [0, 0.05) is 12.3 Å². The molecule has 1 nitrogen and oxygen atoms in total. The van der Waals surface area contributed by atoms with E-state index in [4.69, 9.17) is 0 Å². The van der Waals surface area contributed by atoms with E-state index >= 15 is 0 Å². The summed E-state index contributed by atoms with van der Waals surface area (Å²) in [5, 5.41) is 0. The van der Waals surface area contributed by atoms with Gasteiger partial charge in [0.2, 0.25) is 0 Å². The van der Waals surface area contributed by atoms with Crippen molar-refractivity contribution in [2.75, 3.05) is 0 Å². The van der Waals surface area contributed by atoms with Crippen LogP contribution in [0.2, 0.25) is 0 Å². The Hall–Kier alpha value is -1.32. The van der Waals surface area contributed by atoms with Crippen LogP contribution in [0.25, 0.3) is 0 Å². The molecule has 1 aliphatic carbocycles. The molecule has 1 unspecified atom stereocenters. The standard InChI is InChI=1S/C14H15F3O/c1-9(11-4-5-11)13(18)8-10-2-6-12(7-3-10)14(15,16)17/h2-3,6-7,9,11H,4-5,8H2,1H3. The van der Waals surface area contributed by atoms with Crippen LogP contribution in [-0.2, 0) is 17.4 Å². The number of Topliss-reactive ketones (excluding diaryl/α,β-unsaturated/α-hetero) is 1. The number of benzene rings is 1. The highest BCUT2D eigenvalue weighted by Gasteiger charge is 2.32. The average Bonchev–Trinajstić information content (AvgIpc) is 3.11. The molecule has 2 rings (SSSR count). The lowest BCUT2D eigenvalue weighted by Crippen LogP contribution is -2.15. The molecule has 98 valence electrons. The first-order valence-electron chi connectivity index (χ1n) is 6.07. The maximum absolute atomic E-state index is 12.4. The Kier molecular flexibility index (Phi) is 3.46. The van der Waals surface area contributed by atoms with E-state index in [2.05, 4.69) is 0 Å². The van der Waals surface area contributed by atoms with E-state index in [9.17, 15) is 18.0 Å². The molecule has 0 spiro atoms. The predicted octanol–water partition coefficient (Wildman–Crippen LogP) is 3.86. The molecule has 0 bridgehead atoms. The number of halogens is 3. The van der Waals surface area contributed by atoms with Crippen LogP contribution >= 0.6 is 0 Å². The second-order valence-corrected chi connectivity index (χ2v) is 4.96. The lowest BCUT2D eigenvalue weighted by molar-refractivity contribution is -0.137. The van der Waals surface area contributed by atoms with Gasteiger partial charge in [0.25, 0.3) is 0 Å². The molecular formula is C14H15F3O. The van der Waals surface area contributed by atoms with Gasteiger partial charge in [-0.25, -0.2) is 0 Å². The fraction of sp³-hybridized carbons (Fsp3) is 0.500. The normalized spacial score (nSPS) is 17.6. The first-order valence-corrected chi connectivity index (χ1v) is 6.07. The summed E-state index contributed by atoms with van der Waals surface area (Å²) in [6, 6.07) is 4.84. The second kappa shape index (κ2) is 4.75. The minimum absolute atomic E-state index is 0.0345. The Morgan fingerprint density at radius 2 is 1.83 bits per heavy atom. The number of carbonyl (C=O) groups excluding carboxylic acids is 1. The molecule has 18 heavy (non-hydrogen) atoms. The van der Waals surface area contributed by atoms with Gasteiger partial charge in [-0.1, -0.05) is 19.1 Å². The van der Waals surface area contributed by atoms with Crippen molar-refractivity contribution in [1.82, 2.24) is 0 Å². The quantitative estimate of drug-likeness (QED) is 0.799. The lowest BCUT2D eigenvalue weighted by Gasteiger charge is -2.10. The third-order valence-electron chi connectivity index (χ3n) is 3.50. The van der Waals surface area contributed by atoms with Crippen molar-refractivity contribution >= 4 is 5.78 Å². The molecule has 1 aromatic carbocycles. The summed E-state index contributed by atoms with van der Waals surface area (Å²) in [4.78, 5) is 11.9. The van der Waals surface area contributed by atoms with Crippen molar-refractivity contribution in [2.24, 2.45) is 11.8 Å². The maximum atomic E-state index is 12.4. The van der Waals surface area contributed by atoms with E-state index < -0.39 is 11.7 Å². The molecule has 0 aromatic heterocycles. The summed E-state index contributed by atoms with van der Waals surface area (Å²) in [5.41, 5.74) is -0.0190. The molecule has 1 fully saturated rings. The summed E-state index contributed by atoms with van der Waals surface area (Å²) in [7, 11) is 0. The van der Waals surface area contributed by atoms with Gasteiger partial charge >= 0.3 is 6.18 Å². The van der Waals surface area contributed by atoms with Crippen molar-refractivity contribution in [3.63, 3.8) is 0 Å². The van der Waals surface area contributed by atoms with Crippen LogP contribution in [0.5, 0.6) is 0 Å². The number of rotatable bonds is 4. The SMILES string of the molecule is CC(C(=O)Cc1ccc(C(F)(F)F)cc1)C1CC1. The van der Waals surface area contributed by atoms with Gasteiger partial charge in [0.15, 0.2) is 0 Å². The fourth-order valence-electron chi connectivity index (χ4n) is 2.03. The first-order chi connectivity index (χ1) is 8.38. The van der Waals surface area contributed by atoms with Crippen molar-refractivity contribution < 1.29 is 18.0 Å². The van der Waals surface area contributed by atoms with Gasteiger partial charge in [0.05, 0.1) is 5.56 Å². The Morgan fingerprint density at radius 3 is 2.28 bits per heavy atom. The highest BCUT2D eigenvalue weighted by Crippen LogP contribution is 2.37. The van der Waals surface area contributed by atoms with Crippen molar-refractivity contribution in [3.8, 4) is 0 Å². The summed E-state index contributed by atoms with van der Waals surface area (Å²) in [6.07, 6.45) is -1.89. The highest BCUT2D eigenvalue weighted by atomic mass is 19.4. The van der Waals surface area contributed by atoms with Crippen LogP contribution in [0.1, 0.15) is 30.9 Å². The third kappa shape index (κ3) is 3.12. The molecule has 0 aliphatic heterocycles. The molecule has 0 saturated heterocycles. The van der Waals surface area contributed by atoms with Gasteiger partial charge < -0.3 is 0 Å². The molecule has 1 aliphatic rings. The van der Waals surface area contributed by atoms with Gasteiger partial charge in [-0.15, -0.1) is 0 Å². The Bertz CT molecular complexity index is 429. The molecule has 0 radical (unpaired) electrons. The summed E-state index contributed by atoms with van der Waals surface area (Å²) in [6.45, 7) is 1.91. The Morgan fingerprint density at radius 1 is 1.28 bits per heavy atom. The molecule has 1 saturated carbocycles. The monoisotopic (exact) mass is 256 g/mol. The van der Waals surface area contributed by atoms with Crippen molar-refractivity contribution in [3.05, 3.63) is 35.4 Å². The first kappa shape index (κ1) is 13.1. The van der Waals surface area contributed by atoms with Gasteiger partial charge in [-0.05, 0) is 36.5 Å². The van der Waals surface area contributed by atoms with Crippen LogP contribution < -0.4 is 0 Å². The van der Waals surface area contributed by atoms with E-state index in [1.54, 1.807) is 0 Å². The number of ketones is 1. The molecule has 0 N–H and O–H groups in total. The maximum Gasteiger partial charge on any atom is 0.416 e. The van der Waals surface area contributed by atoms with Gasteiger partial charge in [-0.3, -0.25) is 4.79 Å². The summed E-state index contributed by atoms with van der Waals surface area (Å²) in [5.74, 6) is 0.650. The largest absolute Gasteiger partial charge is 0.416 e. The zero-order chi connectivity index (χ0) is 13.3. The fourth-order valence-corrected chi connectivity index (χ4v) is 2.03. The van der Waals surface area contributed by atoms with Crippen LogP contribution in [0, 0.1) is 11.8 Å². The summed E-state index contributed by atoms with van der Waals surface area (Å²) >= 11 is 0. The minimum atomic E-state index is -4.32. The van der Waals surface area contributed by atoms with E-state index in [1.807, 2.05) is 6.92 Å². The highest BCUT2D eigenvalue weighted by molar-refractivity contribution is 5.83. The molecule has 4 heteroatoms. The molecule has 1 aromatic rings. The lowest BCUT2D eigenvalue weighted by atomic mass is 9.95. The smallest absolute Gasteiger partial charge is 0.299 e. The Balaban J connectivity index is 1.99. The van der Waals surface area contributed by atoms with Crippen LogP contribution in [0.4, 0.5) is 13.2 Å². The number of hydrogen-bond donors (Lipinski definition) is 0. The van der Waals surface area contributed by atoms with E-state index in [1.165, 1.54) is 12.1 Å². The van der Waals surface area contributed by atoms with Gasteiger partial charge in [0.1, 0.15) is 5.78 Å². The Labute approximate surface area is 104 Å². The van der Waals surface area contributed by atoms with Crippen molar-refractivity contribution in [1.29, 1.82) is 0 Å². The van der Waals surface area contributed by atoms with Crippen LogP contribution in [-0.4, -0.2) is 5.78 Å². The van der Waals surface area contributed by atoms with Crippen LogP contribution in [0.15, 0.2) is 24.3 Å². The number of hydrogen-bond acceptors (Lipinski definition) is 1. The molecule has 0 heterocycles. The van der Waals surface area contributed by atoms with E-state index in [0.29, 0.717) is 11.5 Å². The van der Waals surface area contributed by atoms with Crippen molar-refractivity contribution in [2.45, 2.75) is 32.4 Å². The predicted molar refractivity (Wildman–Crippen MR) is 62.0 cm³/mol. The topological polar surface area (TPSA) is 17.1 Å². The minimum Gasteiger partial charge on any atom is -0.299 e. The average molecular weight is 256 g/mol. The molecule has 1 atom stereocenters. The molecule has 0 amide bonds. The van der Waals surface area contributed by atoms with E-state index in [-0.39, 0.29) is 18.1 Å². The zero-order valence-corrected chi connectivity index (χ0v) is 10.1. The van der Waals surface area contributed by atoms with Crippen LogP contribution in [0.3, 0.4) is 0 Å².